The molecule has 0 aliphatic carbocycles. The molecule has 0 amide bonds. The molecule has 2 unspecified atom stereocenters. The van der Waals surface area contributed by atoms with Crippen molar-refractivity contribution in [1.29, 1.82) is 0 Å². The summed E-state index contributed by atoms with van der Waals surface area (Å²) in [4.78, 5) is 8.14. The van der Waals surface area contributed by atoms with Crippen molar-refractivity contribution in [3.05, 3.63) is 12.4 Å². The minimum atomic E-state index is 0.376. The van der Waals surface area contributed by atoms with Gasteiger partial charge in [-0.3, -0.25) is 4.98 Å². The number of hydrogen-bond acceptors (Lipinski definition) is 5. The molecule has 1 aliphatic heterocycles. The Morgan fingerprint density at radius 1 is 1.56 bits per heavy atom. The van der Waals surface area contributed by atoms with E-state index in [0.717, 1.165) is 31.8 Å². The molecule has 1 aromatic heterocycles. The quantitative estimate of drug-likeness (QED) is 0.803. The number of nitrogen functional groups attached to an aromatic ring is 1. The molecular formula is C11H18N4O. The van der Waals surface area contributed by atoms with E-state index in [9.17, 15) is 0 Å². The van der Waals surface area contributed by atoms with Gasteiger partial charge in [0.15, 0.2) is 0 Å². The predicted octanol–water partition coefficient (Wildman–Crippen LogP) is 1.29. The average Bonchev–Trinajstić information content (AvgIpc) is 2.74. The fraction of sp³-hybridized carbons (Fsp3) is 0.636. The zero-order valence-electron chi connectivity index (χ0n) is 9.52. The van der Waals surface area contributed by atoms with Crippen molar-refractivity contribution >= 4 is 11.6 Å². The summed E-state index contributed by atoms with van der Waals surface area (Å²) in [5, 5.41) is 3.26. The lowest BCUT2D eigenvalue weighted by Crippen LogP contribution is -2.23. The van der Waals surface area contributed by atoms with E-state index in [1.54, 1.807) is 12.4 Å². The van der Waals surface area contributed by atoms with E-state index in [4.69, 9.17) is 10.5 Å². The topological polar surface area (TPSA) is 73.1 Å². The van der Waals surface area contributed by atoms with Crippen LogP contribution < -0.4 is 11.1 Å². The standard InChI is InChI=1S/C11H18N4O/c1-2-9-8(3-4-16-9)5-14-11-7-13-6-10(12)15-11/h6-9H,2-5H2,1H3,(H3,12,14,15). The zero-order chi connectivity index (χ0) is 11.4. The minimum Gasteiger partial charge on any atom is -0.382 e. The second kappa shape index (κ2) is 5.12. The van der Waals surface area contributed by atoms with Crippen molar-refractivity contribution in [3.8, 4) is 0 Å². The SMILES string of the molecule is CCC1OCCC1CNc1cncc(N)n1. The monoisotopic (exact) mass is 222 g/mol. The average molecular weight is 222 g/mol. The van der Waals surface area contributed by atoms with E-state index >= 15 is 0 Å². The first-order valence-corrected chi connectivity index (χ1v) is 5.72. The Bertz CT molecular complexity index is 345. The van der Waals surface area contributed by atoms with Gasteiger partial charge >= 0.3 is 0 Å². The second-order valence-corrected chi connectivity index (χ2v) is 4.08. The fourth-order valence-electron chi connectivity index (χ4n) is 2.08. The van der Waals surface area contributed by atoms with Gasteiger partial charge in [-0.1, -0.05) is 6.92 Å². The largest absolute Gasteiger partial charge is 0.382 e. The van der Waals surface area contributed by atoms with E-state index in [2.05, 4.69) is 22.2 Å². The number of ether oxygens (including phenoxy) is 1. The molecular weight excluding hydrogens is 204 g/mol. The van der Waals surface area contributed by atoms with Gasteiger partial charge in [-0.05, 0) is 12.8 Å². The van der Waals surface area contributed by atoms with Gasteiger partial charge in [0.2, 0.25) is 0 Å². The molecule has 3 N–H and O–H groups in total. The van der Waals surface area contributed by atoms with E-state index in [1.165, 1.54) is 0 Å². The molecule has 0 spiro atoms. The second-order valence-electron chi connectivity index (χ2n) is 4.08. The summed E-state index contributed by atoms with van der Waals surface area (Å²) in [6, 6.07) is 0. The van der Waals surface area contributed by atoms with E-state index in [1.807, 2.05) is 0 Å². The number of hydrogen-bond donors (Lipinski definition) is 2. The van der Waals surface area contributed by atoms with Gasteiger partial charge < -0.3 is 15.8 Å². The maximum Gasteiger partial charge on any atom is 0.146 e. The summed E-state index contributed by atoms with van der Waals surface area (Å²) in [5.41, 5.74) is 5.56. The molecule has 1 fully saturated rings. The molecule has 2 atom stereocenters. The highest BCUT2D eigenvalue weighted by Crippen LogP contribution is 2.23. The van der Waals surface area contributed by atoms with Crippen molar-refractivity contribution in [2.45, 2.75) is 25.9 Å². The van der Waals surface area contributed by atoms with Crippen LogP contribution in [0.25, 0.3) is 0 Å². The summed E-state index contributed by atoms with van der Waals surface area (Å²) < 4.78 is 5.63. The molecule has 1 aromatic rings. The molecule has 1 aliphatic rings. The lowest BCUT2D eigenvalue weighted by atomic mass is 10.00. The fourth-order valence-corrected chi connectivity index (χ4v) is 2.08. The molecule has 5 heteroatoms. The molecule has 5 nitrogen and oxygen atoms in total. The van der Waals surface area contributed by atoms with Crippen LogP contribution in [0, 0.1) is 5.92 Å². The summed E-state index contributed by atoms with van der Waals surface area (Å²) in [5.74, 6) is 1.75. The number of nitrogens with zero attached hydrogens (tertiary/aromatic N) is 2. The van der Waals surface area contributed by atoms with Crippen molar-refractivity contribution in [2.75, 3.05) is 24.2 Å². The Balaban J connectivity index is 1.87. The summed E-state index contributed by atoms with van der Waals surface area (Å²) >= 11 is 0. The first kappa shape index (κ1) is 11.1. The highest BCUT2D eigenvalue weighted by Gasteiger charge is 2.26. The molecule has 88 valence electrons. The highest BCUT2D eigenvalue weighted by atomic mass is 16.5. The Morgan fingerprint density at radius 3 is 3.19 bits per heavy atom. The molecule has 16 heavy (non-hydrogen) atoms. The third kappa shape index (κ3) is 2.61. The number of nitrogens with one attached hydrogen (secondary N) is 1. The number of aromatic nitrogens is 2. The van der Waals surface area contributed by atoms with Crippen LogP contribution in [0.2, 0.25) is 0 Å². The van der Waals surface area contributed by atoms with Gasteiger partial charge in [-0.15, -0.1) is 0 Å². The van der Waals surface area contributed by atoms with Crippen molar-refractivity contribution in [2.24, 2.45) is 5.92 Å². The van der Waals surface area contributed by atoms with Crippen LogP contribution in [0.5, 0.6) is 0 Å². The van der Waals surface area contributed by atoms with Crippen molar-refractivity contribution in [3.63, 3.8) is 0 Å². The summed E-state index contributed by atoms with van der Waals surface area (Å²) in [6.45, 7) is 3.90. The molecule has 2 heterocycles. The Labute approximate surface area is 95.4 Å². The van der Waals surface area contributed by atoms with E-state index in [0.29, 0.717) is 17.8 Å². The van der Waals surface area contributed by atoms with Gasteiger partial charge in [0, 0.05) is 19.1 Å². The van der Waals surface area contributed by atoms with Crippen LogP contribution in [0.15, 0.2) is 12.4 Å². The first-order chi connectivity index (χ1) is 7.79. The Kier molecular flexibility index (Phi) is 3.56. The van der Waals surface area contributed by atoms with Crippen LogP contribution in [0.4, 0.5) is 11.6 Å². The van der Waals surface area contributed by atoms with Crippen LogP contribution in [-0.4, -0.2) is 29.2 Å². The first-order valence-electron chi connectivity index (χ1n) is 5.72. The van der Waals surface area contributed by atoms with Gasteiger partial charge in [0.1, 0.15) is 11.6 Å². The summed E-state index contributed by atoms with van der Waals surface area (Å²) in [6.07, 6.45) is 5.78. The van der Waals surface area contributed by atoms with E-state index in [-0.39, 0.29) is 0 Å². The molecule has 0 saturated carbocycles. The van der Waals surface area contributed by atoms with Crippen molar-refractivity contribution < 1.29 is 4.74 Å². The minimum absolute atomic E-state index is 0.376. The van der Waals surface area contributed by atoms with Crippen LogP contribution >= 0.6 is 0 Å². The van der Waals surface area contributed by atoms with Gasteiger partial charge in [-0.25, -0.2) is 4.98 Å². The summed E-state index contributed by atoms with van der Waals surface area (Å²) in [7, 11) is 0. The third-order valence-electron chi connectivity index (χ3n) is 2.95. The molecule has 0 radical (unpaired) electrons. The van der Waals surface area contributed by atoms with Crippen LogP contribution in [0.1, 0.15) is 19.8 Å². The zero-order valence-corrected chi connectivity index (χ0v) is 9.52. The maximum atomic E-state index is 5.63. The van der Waals surface area contributed by atoms with Gasteiger partial charge in [-0.2, -0.15) is 0 Å². The Hall–Kier alpha value is -1.36. The van der Waals surface area contributed by atoms with Gasteiger partial charge in [0.05, 0.1) is 18.5 Å². The number of nitrogens with two attached hydrogens (primary N) is 1. The number of rotatable bonds is 4. The lowest BCUT2D eigenvalue weighted by Gasteiger charge is -2.17. The maximum absolute atomic E-state index is 5.63. The van der Waals surface area contributed by atoms with Crippen LogP contribution in [-0.2, 0) is 4.74 Å². The number of anilines is 2. The van der Waals surface area contributed by atoms with Crippen LogP contribution in [0.3, 0.4) is 0 Å². The predicted molar refractivity (Wildman–Crippen MR) is 63.1 cm³/mol. The molecule has 0 bridgehead atoms. The molecule has 2 rings (SSSR count). The molecule has 0 aromatic carbocycles. The normalized spacial score (nSPS) is 24.6. The third-order valence-corrected chi connectivity index (χ3v) is 2.95. The van der Waals surface area contributed by atoms with E-state index < -0.39 is 0 Å². The van der Waals surface area contributed by atoms with Gasteiger partial charge in [0.25, 0.3) is 0 Å². The lowest BCUT2D eigenvalue weighted by molar-refractivity contribution is 0.0900. The molecule has 1 saturated heterocycles. The Morgan fingerprint density at radius 2 is 2.44 bits per heavy atom. The smallest absolute Gasteiger partial charge is 0.146 e. The van der Waals surface area contributed by atoms with Crippen molar-refractivity contribution in [1.82, 2.24) is 9.97 Å². The highest BCUT2D eigenvalue weighted by molar-refractivity contribution is 5.38.